The van der Waals surface area contributed by atoms with Crippen LogP contribution in [0.3, 0.4) is 0 Å². The van der Waals surface area contributed by atoms with Crippen molar-refractivity contribution in [3.8, 4) is 5.75 Å². The van der Waals surface area contributed by atoms with E-state index in [4.69, 9.17) is 4.74 Å². The average molecular weight is 320 g/mol. The zero-order valence-electron chi connectivity index (χ0n) is 12.3. The molecule has 1 fully saturated rings. The fraction of sp³-hybridized carbons (Fsp3) is 0.429. The van der Waals surface area contributed by atoms with Gasteiger partial charge in [-0.3, -0.25) is 24.6 Å². The summed E-state index contributed by atoms with van der Waals surface area (Å²) >= 11 is 0. The lowest BCUT2D eigenvalue weighted by molar-refractivity contribution is -0.384. The van der Waals surface area contributed by atoms with Crippen LogP contribution in [0.25, 0.3) is 0 Å². The Kier molecular flexibility index (Phi) is 4.11. The van der Waals surface area contributed by atoms with Gasteiger partial charge in [-0.25, -0.2) is 0 Å². The van der Waals surface area contributed by atoms with Crippen LogP contribution in [0.2, 0.25) is 0 Å². The number of non-ortho nitro benzene ring substituents is 1. The Morgan fingerprint density at radius 2 is 2.26 bits per heavy atom. The van der Waals surface area contributed by atoms with Crippen LogP contribution < -0.4 is 20.3 Å². The van der Waals surface area contributed by atoms with Crippen molar-refractivity contribution in [3.63, 3.8) is 0 Å². The second-order valence-electron chi connectivity index (χ2n) is 5.51. The van der Waals surface area contributed by atoms with Crippen molar-refractivity contribution < 1.29 is 19.2 Å². The molecule has 23 heavy (non-hydrogen) atoms. The summed E-state index contributed by atoms with van der Waals surface area (Å²) in [5, 5.41) is 16.8. The molecule has 1 aromatic carbocycles. The lowest BCUT2D eigenvalue weighted by Crippen LogP contribution is -2.50. The van der Waals surface area contributed by atoms with Crippen LogP contribution >= 0.6 is 0 Å². The zero-order valence-corrected chi connectivity index (χ0v) is 12.3. The van der Waals surface area contributed by atoms with Gasteiger partial charge >= 0.3 is 0 Å². The topological polar surface area (TPSA) is 114 Å². The van der Waals surface area contributed by atoms with E-state index in [9.17, 15) is 19.7 Å². The molecular formula is C14H16N4O5. The third kappa shape index (κ3) is 3.24. The molecule has 2 heterocycles. The zero-order chi connectivity index (χ0) is 16.4. The van der Waals surface area contributed by atoms with Crippen LogP contribution in [0.1, 0.15) is 0 Å². The van der Waals surface area contributed by atoms with Gasteiger partial charge in [0.1, 0.15) is 12.3 Å². The predicted octanol–water partition coefficient (Wildman–Crippen LogP) is -0.344. The first kappa shape index (κ1) is 15.2. The number of carbonyl (C=O) groups excluding carboxylic acids is 2. The lowest BCUT2D eigenvalue weighted by Gasteiger charge is -2.30. The van der Waals surface area contributed by atoms with Crippen molar-refractivity contribution in [1.29, 1.82) is 0 Å². The van der Waals surface area contributed by atoms with Crippen LogP contribution in [0.4, 0.5) is 11.4 Å². The molecule has 9 nitrogen and oxygen atoms in total. The first-order chi connectivity index (χ1) is 11.0. The highest BCUT2D eigenvalue weighted by Gasteiger charge is 2.29. The minimum absolute atomic E-state index is 0.159. The molecule has 2 amide bonds. The quantitative estimate of drug-likeness (QED) is 0.566. The van der Waals surface area contributed by atoms with E-state index < -0.39 is 10.8 Å². The lowest BCUT2D eigenvalue weighted by atomic mass is 10.0. The van der Waals surface area contributed by atoms with Gasteiger partial charge in [0, 0.05) is 37.7 Å². The first-order valence-electron chi connectivity index (χ1n) is 7.23. The van der Waals surface area contributed by atoms with E-state index >= 15 is 0 Å². The van der Waals surface area contributed by atoms with Crippen molar-refractivity contribution in [2.45, 2.75) is 0 Å². The van der Waals surface area contributed by atoms with Gasteiger partial charge in [0.05, 0.1) is 10.6 Å². The summed E-state index contributed by atoms with van der Waals surface area (Å²) in [4.78, 5) is 35.6. The number of benzene rings is 1. The van der Waals surface area contributed by atoms with Crippen LogP contribution in [-0.2, 0) is 9.59 Å². The number of hydrogen-bond donors (Lipinski definition) is 2. The molecule has 1 saturated heterocycles. The fourth-order valence-electron chi connectivity index (χ4n) is 2.43. The van der Waals surface area contributed by atoms with Crippen molar-refractivity contribution in [2.24, 2.45) is 5.92 Å². The van der Waals surface area contributed by atoms with Crippen molar-refractivity contribution >= 4 is 23.2 Å². The molecule has 9 heteroatoms. The highest BCUT2D eigenvalue weighted by atomic mass is 16.6. The molecular weight excluding hydrogens is 304 g/mol. The molecule has 0 aliphatic carbocycles. The predicted molar refractivity (Wildman–Crippen MR) is 80.3 cm³/mol. The van der Waals surface area contributed by atoms with Crippen LogP contribution in [0.5, 0.6) is 5.75 Å². The minimum atomic E-state index is -0.554. The third-order valence-corrected chi connectivity index (χ3v) is 3.85. The monoisotopic (exact) mass is 320 g/mol. The number of hydrogen-bond acceptors (Lipinski definition) is 6. The van der Waals surface area contributed by atoms with Crippen LogP contribution in [0.15, 0.2) is 18.2 Å². The number of fused-ring (bicyclic) bond motifs is 1. The van der Waals surface area contributed by atoms with Gasteiger partial charge in [-0.2, -0.15) is 0 Å². The number of nitrogens with zero attached hydrogens (tertiary/aromatic N) is 2. The van der Waals surface area contributed by atoms with Crippen molar-refractivity contribution in [2.75, 3.05) is 37.7 Å². The second-order valence-corrected chi connectivity index (χ2v) is 5.51. The second kappa shape index (κ2) is 6.21. The largest absolute Gasteiger partial charge is 0.482 e. The maximum atomic E-state index is 12.0. The van der Waals surface area contributed by atoms with Gasteiger partial charge in [0.2, 0.25) is 5.91 Å². The van der Waals surface area contributed by atoms with Gasteiger partial charge in [0.15, 0.2) is 6.61 Å². The SMILES string of the molecule is O=C(CN1C(=O)COc2ccc([N+](=O)[O-])cc21)NCC1CNC1. The molecule has 3 rings (SSSR count). The molecule has 122 valence electrons. The number of carbonyl (C=O) groups is 2. The van der Waals surface area contributed by atoms with Crippen LogP contribution in [0, 0.1) is 16.0 Å². The molecule has 0 spiro atoms. The molecule has 0 aromatic heterocycles. The maximum Gasteiger partial charge on any atom is 0.271 e. The van der Waals surface area contributed by atoms with Crippen molar-refractivity contribution in [1.82, 2.24) is 10.6 Å². The summed E-state index contributed by atoms with van der Waals surface area (Å²) in [6.07, 6.45) is 0. The van der Waals surface area contributed by atoms with Gasteiger partial charge in [0.25, 0.3) is 11.6 Å². The highest BCUT2D eigenvalue weighted by molar-refractivity contribution is 6.02. The number of anilines is 1. The number of nitro groups is 1. The molecule has 2 aliphatic rings. The molecule has 0 unspecified atom stereocenters. The molecule has 0 radical (unpaired) electrons. The summed E-state index contributed by atoms with van der Waals surface area (Å²) < 4.78 is 5.25. The van der Waals surface area contributed by atoms with E-state index in [1.165, 1.54) is 23.1 Å². The third-order valence-electron chi connectivity index (χ3n) is 3.85. The molecule has 2 N–H and O–H groups in total. The van der Waals surface area contributed by atoms with E-state index in [-0.39, 0.29) is 30.4 Å². The molecule has 2 aliphatic heterocycles. The Morgan fingerprint density at radius 1 is 1.48 bits per heavy atom. The Morgan fingerprint density at radius 3 is 2.91 bits per heavy atom. The normalized spacial score (nSPS) is 17.0. The average Bonchev–Trinajstić information content (AvgIpc) is 2.48. The Bertz CT molecular complexity index is 659. The van der Waals surface area contributed by atoms with E-state index in [1.807, 2.05) is 0 Å². The number of nitro benzene ring substituents is 1. The summed E-state index contributed by atoms with van der Waals surface area (Å²) in [7, 11) is 0. The number of amides is 2. The first-order valence-corrected chi connectivity index (χ1v) is 7.23. The number of nitrogens with one attached hydrogen (secondary N) is 2. The summed E-state index contributed by atoms with van der Waals surface area (Å²) in [5.41, 5.74) is 0.0870. The van der Waals surface area contributed by atoms with E-state index in [0.29, 0.717) is 18.2 Å². The Hall–Kier alpha value is -2.68. The van der Waals surface area contributed by atoms with Gasteiger partial charge in [-0.15, -0.1) is 0 Å². The van der Waals surface area contributed by atoms with Gasteiger partial charge < -0.3 is 15.4 Å². The summed E-state index contributed by atoms with van der Waals surface area (Å²) in [5.74, 6) is 0.0574. The highest BCUT2D eigenvalue weighted by Crippen LogP contribution is 2.35. The summed E-state index contributed by atoms with van der Waals surface area (Å²) in [6.45, 7) is 1.91. The van der Waals surface area contributed by atoms with E-state index in [1.54, 1.807) is 0 Å². The Labute approximate surface area is 131 Å². The smallest absolute Gasteiger partial charge is 0.271 e. The van der Waals surface area contributed by atoms with E-state index in [2.05, 4.69) is 10.6 Å². The van der Waals surface area contributed by atoms with Gasteiger partial charge in [-0.1, -0.05) is 0 Å². The van der Waals surface area contributed by atoms with Crippen LogP contribution in [-0.4, -0.2) is 49.5 Å². The van der Waals surface area contributed by atoms with Gasteiger partial charge in [-0.05, 0) is 6.07 Å². The fourth-order valence-corrected chi connectivity index (χ4v) is 2.43. The summed E-state index contributed by atoms with van der Waals surface area (Å²) in [6, 6.07) is 3.98. The molecule has 0 saturated carbocycles. The number of rotatable bonds is 5. The number of ether oxygens (including phenoxy) is 1. The molecule has 0 bridgehead atoms. The minimum Gasteiger partial charge on any atom is -0.482 e. The van der Waals surface area contributed by atoms with Crippen molar-refractivity contribution in [3.05, 3.63) is 28.3 Å². The Balaban J connectivity index is 1.73. The molecule has 1 aromatic rings. The van der Waals surface area contributed by atoms with E-state index in [0.717, 1.165) is 13.1 Å². The maximum absolute atomic E-state index is 12.0. The standard InChI is InChI=1S/C14H16N4O5/c19-13(16-6-9-4-15-5-9)7-17-11-3-10(18(21)22)1-2-12(11)23-8-14(17)20/h1-3,9,15H,4-8H2,(H,16,19). The molecule has 0 atom stereocenters.